The van der Waals surface area contributed by atoms with Crippen LogP contribution in [0.3, 0.4) is 0 Å². The van der Waals surface area contributed by atoms with Crippen LogP contribution in [-0.2, 0) is 0 Å². The van der Waals surface area contributed by atoms with E-state index in [1.807, 2.05) is 24.4 Å². The van der Waals surface area contributed by atoms with Crippen molar-refractivity contribution < 1.29 is 0 Å². The Labute approximate surface area is 108 Å². The third kappa shape index (κ3) is 3.67. The maximum absolute atomic E-state index is 3.35. The Morgan fingerprint density at radius 2 is 1.33 bits per heavy atom. The van der Waals surface area contributed by atoms with Crippen molar-refractivity contribution in [2.75, 3.05) is 10.6 Å². The summed E-state index contributed by atoms with van der Waals surface area (Å²) in [7, 11) is 0. The molecule has 0 aromatic heterocycles. The monoisotopic (exact) mass is 238 g/mol. The molecule has 2 N–H and O–H groups in total. The molecule has 2 nitrogen and oxygen atoms in total. The molecule has 0 bridgehead atoms. The smallest absolute Gasteiger partial charge is 0.0385 e. The van der Waals surface area contributed by atoms with Crippen LogP contribution in [0.2, 0.25) is 0 Å². The Hall–Kier alpha value is -2.22. The molecule has 0 fully saturated rings. The average Bonchev–Trinajstić information content (AvgIpc) is 2.39. The highest BCUT2D eigenvalue weighted by molar-refractivity contribution is 5.62. The van der Waals surface area contributed by atoms with Crippen molar-refractivity contribution in [3.05, 3.63) is 66.4 Å². The molecule has 0 spiro atoms. The van der Waals surface area contributed by atoms with Crippen molar-refractivity contribution in [2.45, 2.75) is 13.8 Å². The number of nitrogens with one attached hydrogen (secondary N) is 2. The van der Waals surface area contributed by atoms with Crippen LogP contribution in [0, 0.1) is 0 Å². The lowest BCUT2D eigenvalue weighted by Gasteiger charge is -2.07. The summed E-state index contributed by atoms with van der Waals surface area (Å²) >= 11 is 0. The normalized spacial score (nSPS) is 9.67. The molecule has 0 atom stereocenters. The summed E-state index contributed by atoms with van der Waals surface area (Å²) in [5, 5.41) is 6.60. The molecule has 18 heavy (non-hydrogen) atoms. The Kier molecular flexibility index (Phi) is 4.02. The van der Waals surface area contributed by atoms with Crippen molar-refractivity contribution in [2.24, 2.45) is 0 Å². The number of anilines is 3. The standard InChI is InChI=1S/C16H18N2/c1-13(2)12-17-14-8-10-16(11-9-14)18-15-6-4-3-5-7-15/h3-12,17-18H,1-2H3. The molecule has 2 aromatic carbocycles. The van der Waals surface area contributed by atoms with Gasteiger partial charge in [-0.25, -0.2) is 0 Å². The van der Waals surface area contributed by atoms with Crippen LogP contribution in [0.25, 0.3) is 0 Å². The van der Waals surface area contributed by atoms with Gasteiger partial charge >= 0.3 is 0 Å². The Morgan fingerprint density at radius 1 is 0.778 bits per heavy atom. The molecule has 0 unspecified atom stereocenters. The van der Waals surface area contributed by atoms with Gasteiger partial charge in [-0.2, -0.15) is 0 Å². The van der Waals surface area contributed by atoms with E-state index in [1.54, 1.807) is 0 Å². The first kappa shape index (κ1) is 12.2. The summed E-state index contributed by atoms with van der Waals surface area (Å²) in [5.74, 6) is 0. The third-order valence-electron chi connectivity index (χ3n) is 2.47. The second kappa shape index (κ2) is 5.92. The highest BCUT2D eigenvalue weighted by Crippen LogP contribution is 2.18. The number of hydrogen-bond donors (Lipinski definition) is 2. The zero-order chi connectivity index (χ0) is 12.8. The molecule has 0 saturated heterocycles. The van der Waals surface area contributed by atoms with Gasteiger partial charge in [0.25, 0.3) is 0 Å². The number of rotatable bonds is 4. The number of hydrogen-bond acceptors (Lipinski definition) is 2. The van der Waals surface area contributed by atoms with E-state index in [2.05, 4.69) is 60.9 Å². The van der Waals surface area contributed by atoms with Crippen LogP contribution in [0.1, 0.15) is 13.8 Å². The minimum atomic E-state index is 1.09. The molecule has 0 aliphatic rings. The Bertz CT molecular complexity index is 509. The van der Waals surface area contributed by atoms with Gasteiger partial charge in [0.1, 0.15) is 0 Å². The highest BCUT2D eigenvalue weighted by Gasteiger charge is 1.94. The minimum absolute atomic E-state index is 1.09. The van der Waals surface area contributed by atoms with Crippen molar-refractivity contribution >= 4 is 17.1 Å². The van der Waals surface area contributed by atoms with Gasteiger partial charge in [-0.1, -0.05) is 23.8 Å². The van der Waals surface area contributed by atoms with Crippen LogP contribution in [0.5, 0.6) is 0 Å². The fourth-order valence-electron chi connectivity index (χ4n) is 1.57. The van der Waals surface area contributed by atoms with Gasteiger partial charge in [0, 0.05) is 17.1 Å². The molecule has 0 heterocycles. The number of para-hydroxylation sites is 1. The van der Waals surface area contributed by atoms with Gasteiger partial charge in [0.15, 0.2) is 0 Å². The molecule has 2 aromatic rings. The van der Waals surface area contributed by atoms with Crippen LogP contribution in [-0.4, -0.2) is 0 Å². The van der Waals surface area contributed by atoms with E-state index in [9.17, 15) is 0 Å². The van der Waals surface area contributed by atoms with E-state index < -0.39 is 0 Å². The zero-order valence-electron chi connectivity index (χ0n) is 10.8. The van der Waals surface area contributed by atoms with Crippen LogP contribution < -0.4 is 10.6 Å². The molecule has 0 saturated carbocycles. The van der Waals surface area contributed by atoms with E-state index in [4.69, 9.17) is 0 Å². The maximum atomic E-state index is 3.35. The van der Waals surface area contributed by atoms with Gasteiger partial charge in [0.2, 0.25) is 0 Å². The van der Waals surface area contributed by atoms with E-state index in [-0.39, 0.29) is 0 Å². The zero-order valence-corrected chi connectivity index (χ0v) is 10.8. The molecule has 2 rings (SSSR count). The summed E-state index contributed by atoms with van der Waals surface area (Å²) < 4.78 is 0. The molecule has 0 aliphatic carbocycles. The first-order valence-corrected chi connectivity index (χ1v) is 6.06. The summed E-state index contributed by atoms with van der Waals surface area (Å²) in [5.41, 5.74) is 4.53. The second-order valence-corrected chi connectivity index (χ2v) is 4.43. The predicted octanol–water partition coefficient (Wildman–Crippen LogP) is 4.77. The highest BCUT2D eigenvalue weighted by atomic mass is 14.9. The topological polar surface area (TPSA) is 24.1 Å². The van der Waals surface area contributed by atoms with Gasteiger partial charge < -0.3 is 10.6 Å². The SMILES string of the molecule is CC(C)=CNc1ccc(Nc2ccccc2)cc1. The summed E-state index contributed by atoms with van der Waals surface area (Å²) in [4.78, 5) is 0. The van der Waals surface area contributed by atoms with Crippen LogP contribution >= 0.6 is 0 Å². The van der Waals surface area contributed by atoms with Crippen molar-refractivity contribution in [1.29, 1.82) is 0 Å². The maximum Gasteiger partial charge on any atom is 0.0385 e. The number of allylic oxidation sites excluding steroid dienone is 1. The van der Waals surface area contributed by atoms with Crippen LogP contribution in [0.4, 0.5) is 17.1 Å². The molecular weight excluding hydrogens is 220 g/mol. The minimum Gasteiger partial charge on any atom is -0.362 e. The lowest BCUT2D eigenvalue weighted by molar-refractivity contribution is 1.36. The van der Waals surface area contributed by atoms with E-state index in [0.29, 0.717) is 0 Å². The van der Waals surface area contributed by atoms with E-state index >= 15 is 0 Å². The summed E-state index contributed by atoms with van der Waals surface area (Å²) in [6.07, 6.45) is 2.00. The number of benzene rings is 2. The quantitative estimate of drug-likeness (QED) is 0.802. The van der Waals surface area contributed by atoms with Gasteiger partial charge in [-0.15, -0.1) is 0 Å². The van der Waals surface area contributed by atoms with Crippen LogP contribution in [0.15, 0.2) is 66.4 Å². The largest absolute Gasteiger partial charge is 0.362 e. The van der Waals surface area contributed by atoms with Gasteiger partial charge in [-0.3, -0.25) is 0 Å². The first-order valence-electron chi connectivity index (χ1n) is 6.06. The molecule has 0 amide bonds. The Morgan fingerprint density at radius 3 is 1.94 bits per heavy atom. The molecular formula is C16H18N2. The predicted molar refractivity (Wildman–Crippen MR) is 79.2 cm³/mol. The van der Waals surface area contributed by atoms with Gasteiger partial charge in [0.05, 0.1) is 0 Å². The van der Waals surface area contributed by atoms with E-state index in [0.717, 1.165) is 17.1 Å². The Balaban J connectivity index is 2.02. The summed E-state index contributed by atoms with van der Waals surface area (Å²) in [6, 6.07) is 18.4. The third-order valence-corrected chi connectivity index (χ3v) is 2.47. The first-order chi connectivity index (χ1) is 8.74. The molecule has 0 aliphatic heterocycles. The average molecular weight is 238 g/mol. The molecule has 92 valence electrons. The van der Waals surface area contributed by atoms with E-state index in [1.165, 1.54) is 5.57 Å². The van der Waals surface area contributed by atoms with Crippen molar-refractivity contribution in [1.82, 2.24) is 0 Å². The van der Waals surface area contributed by atoms with Gasteiger partial charge in [-0.05, 0) is 56.4 Å². The lowest BCUT2D eigenvalue weighted by Crippen LogP contribution is -1.91. The fraction of sp³-hybridized carbons (Fsp3) is 0.125. The molecule has 0 radical (unpaired) electrons. The molecule has 2 heteroatoms. The van der Waals surface area contributed by atoms with Crippen molar-refractivity contribution in [3.63, 3.8) is 0 Å². The van der Waals surface area contributed by atoms with Crippen molar-refractivity contribution in [3.8, 4) is 0 Å². The lowest BCUT2D eigenvalue weighted by atomic mass is 10.2. The second-order valence-electron chi connectivity index (χ2n) is 4.43. The summed E-state index contributed by atoms with van der Waals surface area (Å²) in [6.45, 7) is 4.14. The fourth-order valence-corrected chi connectivity index (χ4v) is 1.57.